The van der Waals surface area contributed by atoms with Crippen molar-refractivity contribution < 1.29 is 0 Å². The monoisotopic (exact) mass is 376 g/mol. The van der Waals surface area contributed by atoms with Crippen molar-refractivity contribution in [1.29, 1.82) is 0 Å². The van der Waals surface area contributed by atoms with Crippen molar-refractivity contribution in [2.24, 2.45) is 7.05 Å². The first-order valence-corrected chi connectivity index (χ1v) is 8.06. The molecule has 1 fully saturated rings. The first kappa shape index (κ1) is 16.0. The fraction of sp³-hybridized carbons (Fsp3) is 0.462. The number of rotatable bonds is 3. The summed E-state index contributed by atoms with van der Waals surface area (Å²) in [5.41, 5.74) is 1.37. The molecule has 0 spiro atoms. The topological polar surface area (TPSA) is 33.1 Å². The second kappa shape index (κ2) is 7.04. The maximum Gasteiger partial charge on any atom is 0.127 e. The second-order valence-corrected chi connectivity index (χ2v) is 7.14. The molecule has 2 aromatic rings. The average Bonchev–Trinajstić information content (AvgIpc) is 2.99. The molecule has 110 valence electrons. The number of hydrogen-bond donors (Lipinski definition) is 1. The van der Waals surface area contributed by atoms with Gasteiger partial charge >= 0.3 is 0 Å². The molecule has 0 amide bonds. The Balaban J connectivity index is 0.00000147. The predicted molar refractivity (Wildman–Crippen MR) is 88.5 cm³/mol. The molecule has 3 rings (SSSR count). The van der Waals surface area contributed by atoms with Crippen molar-refractivity contribution in [2.45, 2.75) is 12.6 Å². The van der Waals surface area contributed by atoms with Gasteiger partial charge in [-0.15, -0.1) is 23.7 Å². The minimum absolute atomic E-state index is 0. The standard InChI is InChI=1S/C13H17BrN4S.ClH/c1-17-4-3-16-13(17)11-7-15-2-5-18(11)8-10-6-12(14)19-9-10;/h3-4,6,9,11,15H,2,5,7-8H2,1H3;1H. The Labute approximate surface area is 137 Å². The first-order valence-electron chi connectivity index (χ1n) is 6.39. The molecule has 1 N–H and O–H groups in total. The van der Waals surface area contributed by atoms with Crippen LogP contribution in [-0.2, 0) is 13.6 Å². The normalized spacial score (nSPS) is 19.8. The summed E-state index contributed by atoms with van der Waals surface area (Å²) in [5, 5.41) is 5.69. The van der Waals surface area contributed by atoms with E-state index in [-0.39, 0.29) is 12.4 Å². The van der Waals surface area contributed by atoms with E-state index < -0.39 is 0 Å². The van der Waals surface area contributed by atoms with E-state index in [0.29, 0.717) is 6.04 Å². The Morgan fingerprint density at radius 2 is 2.40 bits per heavy atom. The second-order valence-electron chi connectivity index (χ2n) is 4.85. The van der Waals surface area contributed by atoms with Gasteiger partial charge in [0, 0.05) is 45.6 Å². The molecule has 1 saturated heterocycles. The molecule has 3 heterocycles. The molecule has 1 aliphatic rings. The van der Waals surface area contributed by atoms with E-state index >= 15 is 0 Å². The lowest BCUT2D eigenvalue weighted by Crippen LogP contribution is -2.46. The van der Waals surface area contributed by atoms with E-state index in [2.05, 4.69) is 54.2 Å². The van der Waals surface area contributed by atoms with Crippen molar-refractivity contribution in [3.63, 3.8) is 0 Å². The molecule has 4 nitrogen and oxygen atoms in total. The van der Waals surface area contributed by atoms with Crippen LogP contribution in [0.5, 0.6) is 0 Å². The molecule has 0 aromatic carbocycles. The van der Waals surface area contributed by atoms with Crippen LogP contribution < -0.4 is 5.32 Å². The van der Waals surface area contributed by atoms with Crippen molar-refractivity contribution >= 4 is 39.7 Å². The van der Waals surface area contributed by atoms with Crippen LogP contribution in [0.15, 0.2) is 27.6 Å². The fourth-order valence-corrected chi connectivity index (χ4v) is 3.75. The number of imidazole rings is 1. The Morgan fingerprint density at radius 3 is 3.05 bits per heavy atom. The third kappa shape index (κ3) is 3.43. The predicted octanol–water partition coefficient (Wildman–Crippen LogP) is 2.81. The van der Waals surface area contributed by atoms with E-state index in [1.807, 2.05) is 12.4 Å². The molecule has 1 atom stereocenters. The Bertz CT molecular complexity index is 556. The molecule has 7 heteroatoms. The molecule has 1 aliphatic heterocycles. The van der Waals surface area contributed by atoms with Crippen molar-refractivity contribution in [3.8, 4) is 0 Å². The first-order chi connectivity index (χ1) is 9.24. The zero-order valence-corrected chi connectivity index (χ0v) is 14.5. The molecule has 1 unspecified atom stereocenters. The molecular formula is C13H18BrClN4S. The van der Waals surface area contributed by atoms with E-state index in [0.717, 1.165) is 32.0 Å². The lowest BCUT2D eigenvalue weighted by Gasteiger charge is -2.35. The van der Waals surface area contributed by atoms with Gasteiger partial charge < -0.3 is 9.88 Å². The van der Waals surface area contributed by atoms with Crippen LogP contribution >= 0.6 is 39.7 Å². The molecule has 20 heavy (non-hydrogen) atoms. The molecule has 0 aliphatic carbocycles. The third-order valence-corrected chi connectivity index (χ3v) is 5.07. The number of aryl methyl sites for hydroxylation is 1. The average molecular weight is 378 g/mol. The Hall–Kier alpha value is -0.400. The number of nitrogens with zero attached hydrogens (tertiary/aromatic N) is 3. The van der Waals surface area contributed by atoms with Gasteiger partial charge in [0.25, 0.3) is 0 Å². The smallest absolute Gasteiger partial charge is 0.127 e. The van der Waals surface area contributed by atoms with Crippen molar-refractivity contribution in [2.75, 3.05) is 19.6 Å². The summed E-state index contributed by atoms with van der Waals surface area (Å²) in [4.78, 5) is 7.02. The number of thiophene rings is 1. The SMILES string of the molecule is Cl.Cn1ccnc1C1CNCCN1Cc1csc(Br)c1. The van der Waals surface area contributed by atoms with Crippen LogP contribution in [-0.4, -0.2) is 34.1 Å². The van der Waals surface area contributed by atoms with Gasteiger partial charge in [-0.05, 0) is 32.9 Å². The van der Waals surface area contributed by atoms with Crippen LogP contribution in [0.25, 0.3) is 0 Å². The minimum atomic E-state index is 0. The summed E-state index contributed by atoms with van der Waals surface area (Å²) in [7, 11) is 2.07. The highest BCUT2D eigenvalue weighted by Crippen LogP contribution is 2.26. The van der Waals surface area contributed by atoms with Gasteiger partial charge in [0.1, 0.15) is 5.82 Å². The summed E-state index contributed by atoms with van der Waals surface area (Å²) in [6.07, 6.45) is 3.90. The van der Waals surface area contributed by atoms with Crippen LogP contribution in [0.3, 0.4) is 0 Å². The summed E-state index contributed by atoms with van der Waals surface area (Å²) in [5.74, 6) is 1.14. The molecule has 0 bridgehead atoms. The lowest BCUT2D eigenvalue weighted by molar-refractivity contribution is 0.145. The number of aromatic nitrogens is 2. The van der Waals surface area contributed by atoms with Crippen molar-refractivity contribution in [1.82, 2.24) is 19.8 Å². The van der Waals surface area contributed by atoms with Crippen LogP contribution in [0, 0.1) is 0 Å². The highest BCUT2D eigenvalue weighted by Gasteiger charge is 2.26. The Morgan fingerprint density at radius 1 is 1.55 bits per heavy atom. The fourth-order valence-electron chi connectivity index (χ4n) is 2.55. The van der Waals surface area contributed by atoms with Crippen LogP contribution in [0.2, 0.25) is 0 Å². The van der Waals surface area contributed by atoms with Crippen LogP contribution in [0.4, 0.5) is 0 Å². The maximum absolute atomic E-state index is 4.51. The van der Waals surface area contributed by atoms with E-state index in [9.17, 15) is 0 Å². The van der Waals surface area contributed by atoms with Crippen LogP contribution in [0.1, 0.15) is 17.4 Å². The van der Waals surface area contributed by atoms with Gasteiger partial charge in [-0.2, -0.15) is 0 Å². The zero-order valence-electron chi connectivity index (χ0n) is 11.3. The van der Waals surface area contributed by atoms with Gasteiger partial charge in [-0.3, -0.25) is 4.90 Å². The van der Waals surface area contributed by atoms with E-state index in [1.54, 1.807) is 11.3 Å². The maximum atomic E-state index is 4.51. The summed E-state index contributed by atoms with van der Waals surface area (Å²) in [6, 6.07) is 2.56. The zero-order chi connectivity index (χ0) is 13.2. The summed E-state index contributed by atoms with van der Waals surface area (Å²) < 4.78 is 3.32. The molecule has 0 saturated carbocycles. The van der Waals surface area contributed by atoms with Gasteiger partial charge in [0.2, 0.25) is 0 Å². The number of halogens is 2. The van der Waals surface area contributed by atoms with Gasteiger partial charge in [-0.25, -0.2) is 4.98 Å². The number of hydrogen-bond acceptors (Lipinski definition) is 4. The molecule has 2 aromatic heterocycles. The molecular weight excluding hydrogens is 360 g/mol. The Kier molecular flexibility index (Phi) is 5.63. The van der Waals surface area contributed by atoms with Crippen molar-refractivity contribution in [3.05, 3.63) is 39.0 Å². The van der Waals surface area contributed by atoms with Gasteiger partial charge in [0.05, 0.1) is 9.83 Å². The third-order valence-electron chi connectivity index (χ3n) is 3.52. The largest absolute Gasteiger partial charge is 0.337 e. The van der Waals surface area contributed by atoms with E-state index in [1.165, 1.54) is 9.35 Å². The highest BCUT2D eigenvalue weighted by atomic mass is 79.9. The number of nitrogens with one attached hydrogen (secondary N) is 1. The summed E-state index contributed by atoms with van der Waals surface area (Å²) >= 11 is 5.28. The minimum Gasteiger partial charge on any atom is -0.337 e. The van der Waals surface area contributed by atoms with Gasteiger partial charge in [0.15, 0.2) is 0 Å². The highest BCUT2D eigenvalue weighted by molar-refractivity contribution is 9.11. The quantitative estimate of drug-likeness (QED) is 0.893. The number of piperazine rings is 1. The summed E-state index contributed by atoms with van der Waals surface area (Å²) in [6.45, 7) is 4.06. The lowest BCUT2D eigenvalue weighted by atomic mass is 10.1. The van der Waals surface area contributed by atoms with E-state index in [4.69, 9.17) is 0 Å². The van der Waals surface area contributed by atoms with Gasteiger partial charge in [-0.1, -0.05) is 0 Å². The molecule has 0 radical (unpaired) electrons.